The van der Waals surface area contributed by atoms with E-state index in [-0.39, 0.29) is 17.6 Å². The van der Waals surface area contributed by atoms with E-state index in [1.54, 1.807) is 0 Å². The van der Waals surface area contributed by atoms with Crippen LogP contribution >= 0.6 is 0 Å². The maximum Gasteiger partial charge on any atom is 0.228 e. The number of carbonyl (C=O) groups is 1. The van der Waals surface area contributed by atoms with Gasteiger partial charge in [-0.25, -0.2) is 12.7 Å². The summed E-state index contributed by atoms with van der Waals surface area (Å²) in [6.07, 6.45) is 5.45. The maximum absolute atomic E-state index is 12.5. The fourth-order valence-electron chi connectivity index (χ4n) is 3.18. The molecular formula is C19H30N2O3S. The zero-order valence-corrected chi connectivity index (χ0v) is 16.1. The maximum atomic E-state index is 12.5. The number of nitrogens with zero attached hydrogens (tertiary/aromatic N) is 1. The van der Waals surface area contributed by atoms with Crippen LogP contribution in [0.3, 0.4) is 0 Å². The van der Waals surface area contributed by atoms with Gasteiger partial charge in [0.25, 0.3) is 0 Å². The van der Waals surface area contributed by atoms with Gasteiger partial charge in [0, 0.05) is 18.8 Å². The van der Waals surface area contributed by atoms with Gasteiger partial charge in [0.1, 0.15) is 0 Å². The van der Waals surface area contributed by atoms with E-state index in [1.807, 2.05) is 31.2 Å². The standard InChI is InChI=1S/C19H30N2O3S/c1-3-5-7-16-9-11-18(12-10-16)20-19(22)17-8-6-13-21(15-17)25(23,24)14-4-2/h9-12,17H,3-8,13-15H2,1-2H3,(H,20,22). The number of rotatable bonds is 8. The van der Waals surface area contributed by atoms with Crippen LogP contribution < -0.4 is 5.32 Å². The van der Waals surface area contributed by atoms with Crippen molar-refractivity contribution in [1.82, 2.24) is 4.31 Å². The molecule has 1 unspecified atom stereocenters. The molecule has 1 aliphatic heterocycles. The van der Waals surface area contributed by atoms with Crippen LogP contribution in [0.1, 0.15) is 51.5 Å². The number of sulfonamides is 1. The van der Waals surface area contributed by atoms with Crippen LogP contribution in [0.2, 0.25) is 0 Å². The van der Waals surface area contributed by atoms with E-state index in [0.29, 0.717) is 19.5 Å². The van der Waals surface area contributed by atoms with E-state index in [1.165, 1.54) is 9.87 Å². The molecule has 0 aromatic heterocycles. The number of aryl methyl sites for hydroxylation is 1. The Hall–Kier alpha value is -1.40. The summed E-state index contributed by atoms with van der Waals surface area (Å²) in [5.41, 5.74) is 2.05. The number of hydrogen-bond donors (Lipinski definition) is 1. The second kappa shape index (κ2) is 9.34. The zero-order chi connectivity index (χ0) is 18.3. The molecule has 0 bridgehead atoms. The fourth-order valence-corrected chi connectivity index (χ4v) is 4.76. The first-order valence-corrected chi connectivity index (χ1v) is 10.9. The average molecular weight is 367 g/mol. The summed E-state index contributed by atoms with van der Waals surface area (Å²) in [4.78, 5) is 12.5. The number of benzene rings is 1. The normalized spacial score (nSPS) is 18.9. The van der Waals surface area contributed by atoms with Crippen molar-refractivity contribution in [3.05, 3.63) is 29.8 Å². The number of hydrogen-bond acceptors (Lipinski definition) is 3. The van der Waals surface area contributed by atoms with Crippen molar-refractivity contribution in [3.63, 3.8) is 0 Å². The predicted octanol–water partition coefficient (Wildman–Crippen LogP) is 3.42. The molecule has 0 saturated carbocycles. The number of nitrogens with one attached hydrogen (secondary N) is 1. The summed E-state index contributed by atoms with van der Waals surface area (Å²) in [6.45, 7) is 4.85. The molecule has 1 amide bonds. The van der Waals surface area contributed by atoms with Gasteiger partial charge < -0.3 is 5.32 Å². The van der Waals surface area contributed by atoms with Crippen LogP contribution in [0.5, 0.6) is 0 Å². The van der Waals surface area contributed by atoms with Crippen molar-refractivity contribution in [2.24, 2.45) is 5.92 Å². The molecule has 25 heavy (non-hydrogen) atoms. The van der Waals surface area contributed by atoms with Crippen LogP contribution in [-0.4, -0.2) is 37.5 Å². The summed E-state index contributed by atoms with van der Waals surface area (Å²) in [5.74, 6) is -0.210. The summed E-state index contributed by atoms with van der Waals surface area (Å²) >= 11 is 0. The molecule has 140 valence electrons. The van der Waals surface area contributed by atoms with Gasteiger partial charge in [-0.1, -0.05) is 32.4 Å². The smallest absolute Gasteiger partial charge is 0.228 e. The molecular weight excluding hydrogens is 336 g/mol. The highest BCUT2D eigenvalue weighted by molar-refractivity contribution is 7.89. The minimum Gasteiger partial charge on any atom is -0.326 e. The van der Waals surface area contributed by atoms with Crippen molar-refractivity contribution >= 4 is 21.6 Å². The molecule has 2 rings (SSSR count). The van der Waals surface area contributed by atoms with Gasteiger partial charge in [0.05, 0.1) is 11.7 Å². The van der Waals surface area contributed by atoms with Crippen molar-refractivity contribution in [2.75, 3.05) is 24.2 Å². The average Bonchev–Trinajstić information content (AvgIpc) is 2.61. The topological polar surface area (TPSA) is 66.5 Å². The highest BCUT2D eigenvalue weighted by atomic mass is 32.2. The molecule has 1 aromatic rings. The van der Waals surface area contributed by atoms with Crippen LogP contribution in [0.15, 0.2) is 24.3 Å². The fraction of sp³-hybridized carbons (Fsp3) is 0.632. The first-order chi connectivity index (χ1) is 12.0. The van der Waals surface area contributed by atoms with E-state index in [0.717, 1.165) is 37.8 Å². The highest BCUT2D eigenvalue weighted by Gasteiger charge is 2.31. The highest BCUT2D eigenvalue weighted by Crippen LogP contribution is 2.22. The number of unbranched alkanes of at least 4 members (excludes halogenated alkanes) is 1. The van der Waals surface area contributed by atoms with Crippen LogP contribution in [0, 0.1) is 5.92 Å². The molecule has 0 radical (unpaired) electrons. The second-order valence-corrected chi connectivity index (χ2v) is 8.89. The first-order valence-electron chi connectivity index (χ1n) is 9.34. The second-order valence-electron chi connectivity index (χ2n) is 6.80. The Morgan fingerprint density at radius 1 is 1.20 bits per heavy atom. The minimum absolute atomic E-state index is 0.0855. The molecule has 6 heteroatoms. The number of amides is 1. The Balaban J connectivity index is 1.93. The molecule has 1 fully saturated rings. The van der Waals surface area contributed by atoms with Gasteiger partial charge in [-0.05, 0) is 49.8 Å². The lowest BCUT2D eigenvalue weighted by atomic mass is 9.98. The van der Waals surface area contributed by atoms with E-state index in [2.05, 4.69) is 12.2 Å². The Morgan fingerprint density at radius 3 is 2.56 bits per heavy atom. The van der Waals surface area contributed by atoms with Crippen molar-refractivity contribution in [2.45, 2.75) is 52.4 Å². The molecule has 1 aromatic carbocycles. The van der Waals surface area contributed by atoms with Crippen molar-refractivity contribution < 1.29 is 13.2 Å². The zero-order valence-electron chi connectivity index (χ0n) is 15.3. The lowest BCUT2D eigenvalue weighted by Gasteiger charge is -2.31. The molecule has 1 aliphatic rings. The number of piperidine rings is 1. The third-order valence-corrected chi connectivity index (χ3v) is 6.69. The molecule has 1 heterocycles. The molecule has 1 atom stereocenters. The Labute approximate surface area is 151 Å². The molecule has 1 saturated heterocycles. The third-order valence-electron chi connectivity index (χ3n) is 4.65. The molecule has 0 spiro atoms. The largest absolute Gasteiger partial charge is 0.326 e. The Kier molecular flexibility index (Phi) is 7.44. The molecule has 0 aliphatic carbocycles. The van der Waals surface area contributed by atoms with Gasteiger partial charge in [0.2, 0.25) is 15.9 Å². The lowest BCUT2D eigenvalue weighted by Crippen LogP contribution is -2.44. The van der Waals surface area contributed by atoms with E-state index >= 15 is 0 Å². The first kappa shape index (κ1) is 19.9. The summed E-state index contributed by atoms with van der Waals surface area (Å²) in [5, 5.41) is 2.94. The number of anilines is 1. The van der Waals surface area contributed by atoms with Gasteiger partial charge in [-0.3, -0.25) is 4.79 Å². The van der Waals surface area contributed by atoms with Gasteiger partial charge in [0.15, 0.2) is 0 Å². The Bertz CT molecular complexity index is 656. The molecule has 5 nitrogen and oxygen atoms in total. The van der Waals surface area contributed by atoms with E-state index in [4.69, 9.17) is 0 Å². The van der Waals surface area contributed by atoms with Crippen LogP contribution in [0.4, 0.5) is 5.69 Å². The van der Waals surface area contributed by atoms with Crippen LogP contribution in [0.25, 0.3) is 0 Å². The van der Waals surface area contributed by atoms with Gasteiger partial charge in [-0.15, -0.1) is 0 Å². The number of carbonyl (C=O) groups excluding carboxylic acids is 1. The lowest BCUT2D eigenvalue weighted by molar-refractivity contribution is -0.120. The quantitative estimate of drug-likeness (QED) is 0.766. The van der Waals surface area contributed by atoms with Gasteiger partial charge in [-0.2, -0.15) is 0 Å². The van der Waals surface area contributed by atoms with Crippen molar-refractivity contribution in [1.29, 1.82) is 0 Å². The monoisotopic (exact) mass is 366 g/mol. The van der Waals surface area contributed by atoms with E-state index in [9.17, 15) is 13.2 Å². The molecule has 1 N–H and O–H groups in total. The van der Waals surface area contributed by atoms with Crippen LogP contribution in [-0.2, 0) is 21.2 Å². The van der Waals surface area contributed by atoms with Crippen molar-refractivity contribution in [3.8, 4) is 0 Å². The SMILES string of the molecule is CCCCc1ccc(NC(=O)C2CCCN(S(=O)(=O)CCC)C2)cc1. The third kappa shape index (κ3) is 5.82. The van der Waals surface area contributed by atoms with Gasteiger partial charge >= 0.3 is 0 Å². The predicted molar refractivity (Wildman–Crippen MR) is 102 cm³/mol. The Morgan fingerprint density at radius 2 is 1.92 bits per heavy atom. The van der Waals surface area contributed by atoms with E-state index < -0.39 is 10.0 Å². The minimum atomic E-state index is -3.23. The summed E-state index contributed by atoms with van der Waals surface area (Å²) < 4.78 is 25.9. The summed E-state index contributed by atoms with van der Waals surface area (Å²) in [6, 6.07) is 7.95. The summed E-state index contributed by atoms with van der Waals surface area (Å²) in [7, 11) is -3.23.